The number of hydrogen-bond acceptors (Lipinski definition) is 4. The van der Waals surface area contributed by atoms with Gasteiger partial charge in [-0.15, -0.1) is 0 Å². The standard InChI is InChI=1S/C16H13FN2O3S/c1-10-19-15(11-4-8-14(9-5-11)23(18,20)21)16(22-10)12-2-6-13(17)7-3-12/h2-9H,1H3,(H2,18,20,21). The molecule has 118 valence electrons. The highest BCUT2D eigenvalue weighted by atomic mass is 32.2. The number of hydrogen-bond donors (Lipinski definition) is 1. The number of aryl methyl sites for hydroxylation is 1. The van der Waals surface area contributed by atoms with Crippen LogP contribution < -0.4 is 5.14 Å². The summed E-state index contributed by atoms with van der Waals surface area (Å²) in [5, 5.41) is 5.09. The molecule has 0 saturated heterocycles. The molecule has 0 bridgehead atoms. The number of aromatic nitrogens is 1. The van der Waals surface area contributed by atoms with Crippen LogP contribution in [0.15, 0.2) is 57.8 Å². The lowest BCUT2D eigenvalue weighted by Gasteiger charge is -2.03. The summed E-state index contributed by atoms with van der Waals surface area (Å²) in [6, 6.07) is 11.9. The molecule has 0 fully saturated rings. The van der Waals surface area contributed by atoms with E-state index in [0.717, 1.165) is 0 Å². The monoisotopic (exact) mass is 332 g/mol. The third-order valence-electron chi connectivity index (χ3n) is 3.30. The number of rotatable bonds is 3. The van der Waals surface area contributed by atoms with Crippen molar-refractivity contribution in [3.8, 4) is 22.6 Å². The fourth-order valence-electron chi connectivity index (χ4n) is 2.22. The Labute approximate surface area is 132 Å². The maximum atomic E-state index is 13.1. The van der Waals surface area contributed by atoms with Crippen LogP contribution in [-0.2, 0) is 10.0 Å². The smallest absolute Gasteiger partial charge is 0.238 e. The average Bonchev–Trinajstić information content (AvgIpc) is 2.89. The van der Waals surface area contributed by atoms with Gasteiger partial charge in [-0.05, 0) is 36.4 Å². The van der Waals surface area contributed by atoms with Gasteiger partial charge in [0.1, 0.15) is 11.5 Å². The van der Waals surface area contributed by atoms with Gasteiger partial charge < -0.3 is 4.42 Å². The Kier molecular flexibility index (Phi) is 3.75. The largest absolute Gasteiger partial charge is 0.440 e. The molecule has 0 radical (unpaired) electrons. The summed E-state index contributed by atoms with van der Waals surface area (Å²) in [6.45, 7) is 1.70. The number of halogens is 1. The molecule has 0 spiro atoms. The van der Waals surface area contributed by atoms with Crippen LogP contribution in [0.25, 0.3) is 22.6 Å². The minimum atomic E-state index is -3.75. The van der Waals surface area contributed by atoms with Crippen LogP contribution in [0.2, 0.25) is 0 Å². The lowest BCUT2D eigenvalue weighted by atomic mass is 10.1. The molecule has 3 aromatic rings. The van der Waals surface area contributed by atoms with E-state index in [0.29, 0.717) is 28.5 Å². The first kappa shape index (κ1) is 15.4. The Balaban J connectivity index is 2.09. The SMILES string of the molecule is Cc1nc(-c2ccc(S(N)(=O)=O)cc2)c(-c2ccc(F)cc2)o1. The molecule has 1 aromatic heterocycles. The first-order valence-corrected chi connectivity index (χ1v) is 8.26. The molecule has 3 rings (SSSR count). The Hall–Kier alpha value is -2.51. The Morgan fingerprint density at radius 1 is 1.00 bits per heavy atom. The molecule has 23 heavy (non-hydrogen) atoms. The molecule has 2 N–H and O–H groups in total. The summed E-state index contributed by atoms with van der Waals surface area (Å²) in [7, 11) is -3.75. The van der Waals surface area contributed by atoms with Crippen LogP contribution in [0.3, 0.4) is 0 Å². The fraction of sp³-hybridized carbons (Fsp3) is 0.0625. The van der Waals surface area contributed by atoms with Crippen molar-refractivity contribution in [2.75, 3.05) is 0 Å². The lowest BCUT2D eigenvalue weighted by molar-refractivity contribution is 0.534. The zero-order chi connectivity index (χ0) is 16.6. The summed E-state index contributed by atoms with van der Waals surface area (Å²) in [5.41, 5.74) is 1.90. The second kappa shape index (κ2) is 5.60. The van der Waals surface area contributed by atoms with Gasteiger partial charge in [0.25, 0.3) is 0 Å². The first-order valence-electron chi connectivity index (χ1n) is 6.71. The zero-order valence-corrected chi connectivity index (χ0v) is 13.0. The van der Waals surface area contributed by atoms with Gasteiger partial charge in [0.05, 0.1) is 4.90 Å². The summed E-state index contributed by atoms with van der Waals surface area (Å²) >= 11 is 0. The number of sulfonamides is 1. The van der Waals surface area contributed by atoms with Crippen LogP contribution in [0.5, 0.6) is 0 Å². The topological polar surface area (TPSA) is 86.2 Å². The van der Waals surface area contributed by atoms with Crippen molar-refractivity contribution in [2.24, 2.45) is 5.14 Å². The molecular formula is C16H13FN2O3S. The van der Waals surface area contributed by atoms with E-state index in [1.165, 1.54) is 24.3 Å². The van der Waals surface area contributed by atoms with E-state index in [-0.39, 0.29) is 10.7 Å². The predicted molar refractivity (Wildman–Crippen MR) is 83.4 cm³/mol. The maximum Gasteiger partial charge on any atom is 0.238 e. The minimum absolute atomic E-state index is 0.0183. The van der Waals surface area contributed by atoms with Crippen molar-refractivity contribution < 1.29 is 17.2 Å². The second-order valence-corrected chi connectivity index (χ2v) is 6.55. The van der Waals surface area contributed by atoms with E-state index in [9.17, 15) is 12.8 Å². The van der Waals surface area contributed by atoms with E-state index in [4.69, 9.17) is 9.56 Å². The molecule has 0 saturated carbocycles. The highest BCUT2D eigenvalue weighted by Crippen LogP contribution is 2.32. The van der Waals surface area contributed by atoms with Crippen molar-refractivity contribution in [2.45, 2.75) is 11.8 Å². The van der Waals surface area contributed by atoms with Crippen molar-refractivity contribution in [1.29, 1.82) is 0 Å². The minimum Gasteiger partial charge on any atom is -0.440 e. The first-order chi connectivity index (χ1) is 10.8. The van der Waals surface area contributed by atoms with Crippen LogP contribution in [-0.4, -0.2) is 13.4 Å². The molecule has 0 amide bonds. The van der Waals surface area contributed by atoms with Gasteiger partial charge in [-0.3, -0.25) is 0 Å². The summed E-state index contributed by atoms with van der Waals surface area (Å²) in [6.07, 6.45) is 0. The van der Waals surface area contributed by atoms with E-state index < -0.39 is 10.0 Å². The summed E-state index contributed by atoms with van der Waals surface area (Å²) in [4.78, 5) is 4.35. The van der Waals surface area contributed by atoms with Gasteiger partial charge >= 0.3 is 0 Å². The third kappa shape index (κ3) is 3.15. The molecular weight excluding hydrogens is 319 g/mol. The molecule has 5 nitrogen and oxygen atoms in total. The lowest BCUT2D eigenvalue weighted by Crippen LogP contribution is -2.11. The van der Waals surface area contributed by atoms with E-state index >= 15 is 0 Å². The van der Waals surface area contributed by atoms with Crippen molar-refractivity contribution in [3.63, 3.8) is 0 Å². The van der Waals surface area contributed by atoms with Crippen LogP contribution >= 0.6 is 0 Å². The van der Waals surface area contributed by atoms with E-state index in [1.807, 2.05) is 0 Å². The third-order valence-corrected chi connectivity index (χ3v) is 4.23. The maximum absolute atomic E-state index is 13.1. The molecule has 0 aliphatic carbocycles. The second-order valence-electron chi connectivity index (χ2n) is 4.99. The van der Waals surface area contributed by atoms with Crippen LogP contribution in [0, 0.1) is 12.7 Å². The predicted octanol–water partition coefficient (Wildman–Crippen LogP) is 3.10. The van der Waals surface area contributed by atoms with Gasteiger partial charge in [0, 0.05) is 18.1 Å². The molecule has 0 aliphatic rings. The summed E-state index contributed by atoms with van der Waals surface area (Å²) < 4.78 is 41.3. The Bertz CT molecular complexity index is 946. The van der Waals surface area contributed by atoms with Crippen molar-refractivity contribution >= 4 is 10.0 Å². The Morgan fingerprint density at radius 3 is 2.13 bits per heavy atom. The van der Waals surface area contributed by atoms with Gasteiger partial charge in [-0.1, -0.05) is 12.1 Å². The number of nitrogens with two attached hydrogens (primary N) is 1. The van der Waals surface area contributed by atoms with Gasteiger partial charge in [-0.25, -0.2) is 22.9 Å². The van der Waals surface area contributed by atoms with Crippen LogP contribution in [0.4, 0.5) is 4.39 Å². The highest BCUT2D eigenvalue weighted by Gasteiger charge is 2.16. The number of primary sulfonamides is 1. The Morgan fingerprint density at radius 2 is 1.57 bits per heavy atom. The highest BCUT2D eigenvalue weighted by molar-refractivity contribution is 7.89. The average molecular weight is 332 g/mol. The van der Waals surface area contributed by atoms with Gasteiger partial charge in [-0.2, -0.15) is 0 Å². The number of oxazole rings is 1. The zero-order valence-electron chi connectivity index (χ0n) is 12.2. The molecule has 0 aliphatic heterocycles. The molecule has 1 heterocycles. The van der Waals surface area contributed by atoms with Crippen molar-refractivity contribution in [3.05, 3.63) is 60.2 Å². The number of nitrogens with zero attached hydrogens (tertiary/aromatic N) is 1. The fourth-order valence-corrected chi connectivity index (χ4v) is 2.74. The van der Waals surface area contributed by atoms with E-state index in [2.05, 4.69) is 4.98 Å². The van der Waals surface area contributed by atoms with Crippen LogP contribution in [0.1, 0.15) is 5.89 Å². The van der Waals surface area contributed by atoms with Gasteiger partial charge in [0.15, 0.2) is 11.7 Å². The molecule has 0 atom stereocenters. The van der Waals surface area contributed by atoms with Gasteiger partial charge in [0.2, 0.25) is 10.0 Å². The summed E-state index contributed by atoms with van der Waals surface area (Å²) in [5.74, 6) is 0.602. The normalized spacial score (nSPS) is 11.6. The quantitative estimate of drug-likeness (QED) is 0.798. The van der Waals surface area contributed by atoms with Crippen molar-refractivity contribution in [1.82, 2.24) is 4.98 Å². The molecule has 7 heteroatoms. The van der Waals surface area contributed by atoms with E-state index in [1.54, 1.807) is 31.2 Å². The molecule has 2 aromatic carbocycles. The number of benzene rings is 2. The molecule has 0 unspecified atom stereocenters.